The molecule has 1 aromatic rings. The van der Waals surface area contributed by atoms with Crippen LogP contribution in [0.5, 0.6) is 0 Å². The van der Waals surface area contributed by atoms with Gasteiger partial charge in [0.15, 0.2) is 0 Å². The van der Waals surface area contributed by atoms with Crippen LogP contribution >= 0.6 is 0 Å². The lowest BCUT2D eigenvalue weighted by Gasteiger charge is -2.37. The van der Waals surface area contributed by atoms with Crippen molar-refractivity contribution in [3.05, 3.63) is 24.3 Å². The van der Waals surface area contributed by atoms with E-state index >= 15 is 0 Å². The van der Waals surface area contributed by atoms with Crippen LogP contribution in [0.1, 0.15) is 0 Å². The fourth-order valence-corrected chi connectivity index (χ4v) is 3.86. The number of sulfonamides is 1. The lowest BCUT2D eigenvalue weighted by Crippen LogP contribution is -2.49. The van der Waals surface area contributed by atoms with Crippen LogP contribution in [0.15, 0.2) is 24.3 Å². The van der Waals surface area contributed by atoms with Crippen LogP contribution in [0, 0.1) is 0 Å². The van der Waals surface area contributed by atoms with Crippen LogP contribution in [-0.4, -0.2) is 90.0 Å². The lowest BCUT2D eigenvalue weighted by atomic mass is 10.2. The summed E-state index contributed by atoms with van der Waals surface area (Å²) in [5.41, 5.74) is 1.75. The van der Waals surface area contributed by atoms with Crippen molar-refractivity contribution >= 4 is 21.4 Å². The number of rotatable bonds is 6. The van der Waals surface area contributed by atoms with Crippen molar-refractivity contribution in [1.82, 2.24) is 9.80 Å². The summed E-state index contributed by atoms with van der Waals surface area (Å²) < 4.78 is 30.4. The fourth-order valence-electron chi connectivity index (χ4n) is 3.29. The predicted octanol–water partition coefficient (Wildman–Crippen LogP) is 0.512. The first kappa shape index (κ1) is 18.4. The van der Waals surface area contributed by atoms with Crippen LogP contribution in [0.2, 0.25) is 0 Å². The first-order chi connectivity index (χ1) is 12.0. The zero-order chi connectivity index (χ0) is 17.7. The molecule has 0 amide bonds. The smallest absolute Gasteiger partial charge is 0.229 e. The van der Waals surface area contributed by atoms with Crippen LogP contribution in [-0.2, 0) is 14.8 Å². The topological polar surface area (TPSA) is 65.1 Å². The normalized spacial score (nSPS) is 20.6. The molecular weight excluding hydrogens is 340 g/mol. The Morgan fingerprint density at radius 1 is 0.920 bits per heavy atom. The van der Waals surface area contributed by atoms with Gasteiger partial charge in [-0.3, -0.25) is 14.5 Å². The fraction of sp³-hybridized carbons (Fsp3) is 0.647. The second-order valence-electron chi connectivity index (χ2n) is 6.70. The summed E-state index contributed by atoms with van der Waals surface area (Å²) in [6.07, 6.45) is 1.16. The van der Waals surface area contributed by atoms with Gasteiger partial charge < -0.3 is 9.64 Å². The number of nitrogens with zero attached hydrogens (tertiary/aromatic N) is 3. The Bertz CT molecular complexity index is 636. The molecule has 140 valence electrons. The molecule has 0 radical (unpaired) electrons. The van der Waals surface area contributed by atoms with Crippen LogP contribution < -0.4 is 9.62 Å². The zero-order valence-electron chi connectivity index (χ0n) is 14.9. The van der Waals surface area contributed by atoms with Crippen molar-refractivity contribution in [3.63, 3.8) is 0 Å². The van der Waals surface area contributed by atoms with Gasteiger partial charge in [-0.05, 0) is 24.3 Å². The molecular formula is C17H28N4O3S. The minimum absolute atomic E-state index is 0.607. The van der Waals surface area contributed by atoms with E-state index in [1.807, 2.05) is 24.3 Å². The number of ether oxygens (including phenoxy) is 1. The first-order valence-corrected chi connectivity index (χ1v) is 10.7. The molecule has 2 saturated heterocycles. The predicted molar refractivity (Wildman–Crippen MR) is 101 cm³/mol. The number of hydrogen-bond donors (Lipinski definition) is 1. The molecule has 3 rings (SSSR count). The molecule has 2 aliphatic rings. The third-order valence-electron chi connectivity index (χ3n) is 4.74. The average Bonchev–Trinajstić information content (AvgIpc) is 2.61. The largest absolute Gasteiger partial charge is 0.379 e. The van der Waals surface area contributed by atoms with Gasteiger partial charge in [-0.15, -0.1) is 0 Å². The molecule has 0 unspecified atom stereocenters. The number of morpholine rings is 1. The highest BCUT2D eigenvalue weighted by Gasteiger charge is 2.18. The van der Waals surface area contributed by atoms with E-state index in [1.165, 1.54) is 0 Å². The van der Waals surface area contributed by atoms with Gasteiger partial charge in [0.25, 0.3) is 0 Å². The van der Waals surface area contributed by atoms with Crippen molar-refractivity contribution in [2.24, 2.45) is 0 Å². The maximum absolute atomic E-state index is 11.3. The molecule has 2 aliphatic heterocycles. The first-order valence-electron chi connectivity index (χ1n) is 8.85. The van der Waals surface area contributed by atoms with E-state index in [2.05, 4.69) is 19.4 Å². The third kappa shape index (κ3) is 5.85. The quantitative estimate of drug-likeness (QED) is 0.789. The Labute approximate surface area is 150 Å². The minimum Gasteiger partial charge on any atom is -0.379 e. The summed E-state index contributed by atoms with van der Waals surface area (Å²) in [6.45, 7) is 10.2. The van der Waals surface area contributed by atoms with E-state index in [4.69, 9.17) is 4.74 Å². The van der Waals surface area contributed by atoms with Crippen LogP contribution in [0.4, 0.5) is 11.4 Å². The maximum Gasteiger partial charge on any atom is 0.229 e. The number of nitrogens with one attached hydrogen (secondary N) is 1. The molecule has 0 bridgehead atoms. The molecule has 0 spiro atoms. The van der Waals surface area contributed by atoms with Gasteiger partial charge in [0.1, 0.15) is 0 Å². The molecule has 8 heteroatoms. The standard InChI is InChI=1S/C17H28N4O3S/c1-25(22,23)18-16-2-4-17(5-3-16)21-10-8-19(9-11-21)6-7-20-12-14-24-15-13-20/h2-5,18H,6-15H2,1H3. The van der Waals surface area contributed by atoms with Crippen LogP contribution in [0.3, 0.4) is 0 Å². The molecule has 0 aromatic heterocycles. The van der Waals surface area contributed by atoms with E-state index in [0.717, 1.165) is 77.5 Å². The van der Waals surface area contributed by atoms with Gasteiger partial charge in [-0.2, -0.15) is 0 Å². The van der Waals surface area contributed by atoms with Crippen molar-refractivity contribution in [2.45, 2.75) is 0 Å². The van der Waals surface area contributed by atoms with Crippen LogP contribution in [0.25, 0.3) is 0 Å². The molecule has 2 fully saturated rings. The number of anilines is 2. The number of benzene rings is 1. The number of piperazine rings is 1. The lowest BCUT2D eigenvalue weighted by molar-refractivity contribution is 0.0331. The summed E-state index contributed by atoms with van der Waals surface area (Å²) >= 11 is 0. The van der Waals surface area contributed by atoms with E-state index in [1.54, 1.807) is 0 Å². The van der Waals surface area contributed by atoms with Gasteiger partial charge in [-0.1, -0.05) is 0 Å². The van der Waals surface area contributed by atoms with E-state index < -0.39 is 10.0 Å². The van der Waals surface area contributed by atoms with Gasteiger partial charge in [0, 0.05) is 63.7 Å². The van der Waals surface area contributed by atoms with E-state index in [9.17, 15) is 8.42 Å². The molecule has 25 heavy (non-hydrogen) atoms. The van der Waals surface area contributed by atoms with Gasteiger partial charge in [0.05, 0.1) is 19.5 Å². The molecule has 0 atom stereocenters. The highest BCUT2D eigenvalue weighted by Crippen LogP contribution is 2.20. The molecule has 7 nitrogen and oxygen atoms in total. The summed E-state index contributed by atoms with van der Waals surface area (Å²) in [7, 11) is -3.22. The monoisotopic (exact) mass is 368 g/mol. The number of hydrogen-bond acceptors (Lipinski definition) is 6. The molecule has 1 N–H and O–H groups in total. The SMILES string of the molecule is CS(=O)(=O)Nc1ccc(N2CCN(CCN3CCOCC3)CC2)cc1. The Balaban J connectivity index is 1.43. The highest BCUT2D eigenvalue weighted by molar-refractivity contribution is 7.92. The average molecular weight is 369 g/mol. The zero-order valence-corrected chi connectivity index (χ0v) is 15.7. The molecule has 2 heterocycles. The Morgan fingerprint density at radius 3 is 2.04 bits per heavy atom. The van der Waals surface area contributed by atoms with Crippen molar-refractivity contribution in [1.29, 1.82) is 0 Å². The second kappa shape index (κ2) is 8.35. The van der Waals surface area contributed by atoms with Gasteiger partial charge in [0.2, 0.25) is 10.0 Å². The van der Waals surface area contributed by atoms with Crippen molar-refractivity contribution < 1.29 is 13.2 Å². The van der Waals surface area contributed by atoms with Crippen molar-refractivity contribution in [2.75, 3.05) is 81.4 Å². The second-order valence-corrected chi connectivity index (χ2v) is 8.45. The summed E-state index contributed by atoms with van der Waals surface area (Å²) in [5.74, 6) is 0. The summed E-state index contributed by atoms with van der Waals surface area (Å²) in [5, 5.41) is 0. The minimum atomic E-state index is -3.22. The summed E-state index contributed by atoms with van der Waals surface area (Å²) in [6, 6.07) is 7.61. The third-order valence-corrected chi connectivity index (χ3v) is 5.35. The van der Waals surface area contributed by atoms with Gasteiger partial charge >= 0.3 is 0 Å². The van der Waals surface area contributed by atoms with E-state index in [0.29, 0.717) is 5.69 Å². The van der Waals surface area contributed by atoms with Crippen molar-refractivity contribution in [3.8, 4) is 0 Å². The Hall–Kier alpha value is -1.35. The highest BCUT2D eigenvalue weighted by atomic mass is 32.2. The molecule has 1 aromatic carbocycles. The maximum atomic E-state index is 11.3. The molecule has 0 saturated carbocycles. The van der Waals surface area contributed by atoms with Gasteiger partial charge in [-0.25, -0.2) is 8.42 Å². The Kier molecular flexibility index (Phi) is 6.16. The van der Waals surface area contributed by atoms with E-state index in [-0.39, 0.29) is 0 Å². The molecule has 0 aliphatic carbocycles. The summed E-state index contributed by atoms with van der Waals surface area (Å²) in [4.78, 5) is 7.35. The Morgan fingerprint density at radius 2 is 1.48 bits per heavy atom.